The fourth-order valence-electron chi connectivity index (χ4n) is 4.40. The van der Waals surface area contributed by atoms with E-state index < -0.39 is 0 Å². The maximum absolute atomic E-state index is 5.86. The Kier molecular flexibility index (Phi) is 5.42. The lowest BCUT2D eigenvalue weighted by Crippen LogP contribution is -2.43. The van der Waals surface area contributed by atoms with Crippen LogP contribution < -0.4 is 10.2 Å². The summed E-state index contributed by atoms with van der Waals surface area (Å²) in [6.45, 7) is 7.04. The summed E-state index contributed by atoms with van der Waals surface area (Å²) in [5.41, 5.74) is 4.69. The molecule has 0 radical (unpaired) electrons. The zero-order chi connectivity index (χ0) is 21.5. The number of aryl methyl sites for hydroxylation is 1. The molecule has 166 valence electrons. The molecule has 1 N–H and O–H groups in total. The Bertz CT molecular complexity index is 1200. The van der Waals surface area contributed by atoms with Crippen molar-refractivity contribution in [2.75, 3.05) is 37.7 Å². The van der Waals surface area contributed by atoms with Crippen molar-refractivity contribution in [3.8, 4) is 21.7 Å². The van der Waals surface area contributed by atoms with E-state index in [-0.39, 0.29) is 6.23 Å². The molecule has 0 aliphatic carbocycles. The third kappa shape index (κ3) is 3.83. The van der Waals surface area contributed by atoms with Crippen LogP contribution in [0, 0.1) is 6.92 Å². The van der Waals surface area contributed by atoms with E-state index in [4.69, 9.17) is 14.7 Å². The number of ether oxygens (including phenoxy) is 1. The van der Waals surface area contributed by atoms with E-state index in [1.165, 1.54) is 23.1 Å². The van der Waals surface area contributed by atoms with Crippen molar-refractivity contribution in [2.45, 2.75) is 32.4 Å². The maximum atomic E-state index is 5.86. The summed E-state index contributed by atoms with van der Waals surface area (Å²) in [6, 6.07) is 6.58. The third-order valence-electron chi connectivity index (χ3n) is 6.19. The topological polar surface area (TPSA) is 68.1 Å². The van der Waals surface area contributed by atoms with Gasteiger partial charge in [0.1, 0.15) is 11.2 Å². The largest absolute Gasteiger partial charge is 0.357 e. The van der Waals surface area contributed by atoms with E-state index in [1.54, 1.807) is 22.7 Å². The Balaban J connectivity index is 1.24. The number of nitrogens with one attached hydrogen (secondary N) is 1. The summed E-state index contributed by atoms with van der Waals surface area (Å²) in [5.74, 6) is 0. The molecule has 2 aliphatic rings. The predicted molar refractivity (Wildman–Crippen MR) is 131 cm³/mol. The van der Waals surface area contributed by atoms with Gasteiger partial charge in [-0.3, -0.25) is 0 Å². The molecule has 4 aromatic rings. The molecular weight excluding hydrogens is 440 g/mol. The molecule has 1 aromatic carbocycles. The molecule has 0 spiro atoms. The van der Waals surface area contributed by atoms with Crippen LogP contribution in [0.3, 0.4) is 0 Å². The van der Waals surface area contributed by atoms with Crippen molar-refractivity contribution in [3.63, 3.8) is 0 Å². The van der Waals surface area contributed by atoms with E-state index in [1.807, 2.05) is 10.9 Å². The zero-order valence-electron chi connectivity index (χ0n) is 18.1. The lowest BCUT2D eigenvalue weighted by atomic mass is 10.0. The van der Waals surface area contributed by atoms with Gasteiger partial charge in [-0.15, -0.1) is 0 Å². The average Bonchev–Trinajstić information content (AvgIpc) is 3.55. The molecule has 32 heavy (non-hydrogen) atoms. The average molecular weight is 467 g/mol. The lowest BCUT2D eigenvalue weighted by molar-refractivity contribution is -0.0394. The molecular formula is C23H26N6OS2. The van der Waals surface area contributed by atoms with Crippen LogP contribution in [0.1, 0.15) is 31.1 Å². The van der Waals surface area contributed by atoms with E-state index in [9.17, 15) is 0 Å². The summed E-state index contributed by atoms with van der Waals surface area (Å²) in [5, 5.41) is 10.1. The highest BCUT2D eigenvalue weighted by molar-refractivity contribution is 7.29. The normalized spacial score (nSPS) is 19.7. The number of nitrogens with zero attached hydrogens (tertiary/aromatic N) is 5. The van der Waals surface area contributed by atoms with Gasteiger partial charge in [0.15, 0.2) is 14.8 Å². The van der Waals surface area contributed by atoms with Crippen LogP contribution in [0.25, 0.3) is 31.4 Å². The van der Waals surface area contributed by atoms with Crippen LogP contribution in [0.4, 0.5) is 5.13 Å². The number of fused-ring (bicyclic) bond motifs is 1. The smallest absolute Gasteiger partial charge is 0.188 e. The third-order valence-corrected chi connectivity index (χ3v) is 8.32. The number of piperazine rings is 1. The van der Waals surface area contributed by atoms with Crippen LogP contribution in [0.2, 0.25) is 0 Å². The van der Waals surface area contributed by atoms with E-state index in [0.717, 1.165) is 71.0 Å². The highest BCUT2D eigenvalue weighted by Crippen LogP contribution is 2.38. The highest BCUT2D eigenvalue weighted by Gasteiger charge is 2.19. The number of hydrogen-bond acceptors (Lipinski definition) is 8. The monoisotopic (exact) mass is 466 g/mol. The molecule has 2 aliphatic heterocycles. The van der Waals surface area contributed by atoms with Gasteiger partial charge in [-0.25, -0.2) is 14.6 Å². The minimum Gasteiger partial charge on any atom is -0.357 e. The number of anilines is 1. The standard InChI is InChI=1S/C23H26N6OS2/c1-15-12-16(17-13-25-29(14-17)19-4-2-3-11-30-19)5-6-18(15)20-26-21-22(31-20)27-23(32-21)28-9-7-24-8-10-28/h5-6,12-14,19,24H,2-4,7-11H2,1H3. The van der Waals surface area contributed by atoms with E-state index in [0.29, 0.717) is 0 Å². The molecule has 9 heteroatoms. The second-order valence-corrected chi connectivity index (χ2v) is 10.4. The van der Waals surface area contributed by atoms with Gasteiger partial charge in [0, 0.05) is 50.1 Å². The van der Waals surface area contributed by atoms with Crippen molar-refractivity contribution in [1.29, 1.82) is 0 Å². The molecule has 5 heterocycles. The van der Waals surface area contributed by atoms with Gasteiger partial charge in [-0.1, -0.05) is 40.9 Å². The Labute approximate surface area is 195 Å². The van der Waals surface area contributed by atoms with Crippen LogP contribution in [-0.2, 0) is 4.74 Å². The number of aromatic nitrogens is 4. The Morgan fingerprint density at radius 3 is 2.72 bits per heavy atom. The summed E-state index contributed by atoms with van der Waals surface area (Å²) in [4.78, 5) is 14.2. The van der Waals surface area contributed by atoms with Gasteiger partial charge >= 0.3 is 0 Å². The zero-order valence-corrected chi connectivity index (χ0v) is 19.7. The van der Waals surface area contributed by atoms with Crippen molar-refractivity contribution in [1.82, 2.24) is 25.1 Å². The van der Waals surface area contributed by atoms with Crippen LogP contribution in [0.15, 0.2) is 30.6 Å². The number of hydrogen-bond donors (Lipinski definition) is 1. The Morgan fingerprint density at radius 1 is 1.06 bits per heavy atom. The maximum Gasteiger partial charge on any atom is 0.188 e. The minimum atomic E-state index is 0.0692. The fourth-order valence-corrected chi connectivity index (χ4v) is 6.58. The van der Waals surface area contributed by atoms with Crippen LogP contribution in [-0.4, -0.2) is 52.5 Å². The van der Waals surface area contributed by atoms with Gasteiger partial charge in [0.2, 0.25) is 0 Å². The van der Waals surface area contributed by atoms with Crippen LogP contribution >= 0.6 is 22.7 Å². The van der Waals surface area contributed by atoms with Crippen molar-refractivity contribution in [2.24, 2.45) is 0 Å². The molecule has 0 saturated carbocycles. The molecule has 7 nitrogen and oxygen atoms in total. The van der Waals surface area contributed by atoms with E-state index in [2.05, 4.69) is 46.6 Å². The number of benzene rings is 1. The molecule has 3 aromatic heterocycles. The number of rotatable bonds is 4. The molecule has 0 bridgehead atoms. The molecule has 6 rings (SSSR count). The highest BCUT2D eigenvalue weighted by atomic mass is 32.1. The van der Waals surface area contributed by atoms with Crippen LogP contribution in [0.5, 0.6) is 0 Å². The van der Waals surface area contributed by atoms with Crippen molar-refractivity contribution < 1.29 is 4.74 Å². The van der Waals surface area contributed by atoms with Gasteiger partial charge in [0.05, 0.1) is 6.20 Å². The SMILES string of the molecule is Cc1cc(-c2cnn(C3CCCCO3)c2)ccc1-c1nc2sc(N3CCNCC3)nc2s1. The lowest BCUT2D eigenvalue weighted by Gasteiger charge is -2.26. The second-order valence-electron chi connectivity index (χ2n) is 8.42. The first-order chi connectivity index (χ1) is 15.7. The Hall–Kier alpha value is -2.33. The molecule has 1 unspecified atom stereocenters. The summed E-state index contributed by atoms with van der Waals surface area (Å²) in [7, 11) is 0. The summed E-state index contributed by atoms with van der Waals surface area (Å²) in [6.07, 6.45) is 7.49. The Morgan fingerprint density at radius 2 is 1.94 bits per heavy atom. The first-order valence-corrected chi connectivity index (χ1v) is 12.9. The first kappa shape index (κ1) is 20.3. The van der Waals surface area contributed by atoms with Crippen molar-refractivity contribution >= 4 is 37.5 Å². The van der Waals surface area contributed by atoms with Gasteiger partial charge in [0.25, 0.3) is 0 Å². The molecule has 1 atom stereocenters. The van der Waals surface area contributed by atoms with Crippen molar-refractivity contribution in [3.05, 3.63) is 36.2 Å². The summed E-state index contributed by atoms with van der Waals surface area (Å²) >= 11 is 3.39. The van der Waals surface area contributed by atoms with Gasteiger partial charge in [-0.2, -0.15) is 5.10 Å². The van der Waals surface area contributed by atoms with E-state index >= 15 is 0 Å². The second kappa shape index (κ2) is 8.55. The molecule has 2 fully saturated rings. The van der Waals surface area contributed by atoms with Gasteiger partial charge < -0.3 is 15.0 Å². The molecule has 2 saturated heterocycles. The molecule has 0 amide bonds. The van der Waals surface area contributed by atoms with Gasteiger partial charge in [-0.05, 0) is 37.3 Å². The summed E-state index contributed by atoms with van der Waals surface area (Å²) < 4.78 is 7.83. The first-order valence-electron chi connectivity index (χ1n) is 11.2. The quantitative estimate of drug-likeness (QED) is 0.470. The predicted octanol–water partition coefficient (Wildman–Crippen LogP) is 4.70. The minimum absolute atomic E-state index is 0.0692. The number of thiazole rings is 2. The fraction of sp³-hybridized carbons (Fsp3) is 0.435.